The average molecular weight is 462 g/mol. The Balaban J connectivity index is 1.18. The van der Waals surface area contributed by atoms with Gasteiger partial charge >= 0.3 is 0 Å². The molecule has 5 rings (SSSR count). The first-order valence-electron chi connectivity index (χ1n) is 9.71. The van der Waals surface area contributed by atoms with Gasteiger partial charge in [0.25, 0.3) is 5.91 Å². The number of nitrogens with two attached hydrogens (primary N) is 1. The second-order valence-electron chi connectivity index (χ2n) is 8.42. The Hall–Kier alpha value is -2.00. The predicted molar refractivity (Wildman–Crippen MR) is 117 cm³/mol. The number of amides is 1. The number of aromatic nitrogens is 1. The van der Waals surface area contributed by atoms with Gasteiger partial charge in [0, 0.05) is 22.5 Å². The van der Waals surface area contributed by atoms with Gasteiger partial charge in [-0.1, -0.05) is 17.7 Å². The van der Waals surface area contributed by atoms with E-state index in [1.807, 2.05) is 18.2 Å². The molecule has 0 aliphatic heterocycles. The molecule has 1 spiro atoms. The first kappa shape index (κ1) is 19.9. The van der Waals surface area contributed by atoms with Gasteiger partial charge in [0.15, 0.2) is 0 Å². The molecule has 30 heavy (non-hydrogen) atoms. The number of hydrogen-bond acceptors (Lipinski definition) is 5. The fourth-order valence-corrected chi connectivity index (χ4v) is 6.53. The minimum Gasteiger partial charge on any atom is -0.349 e. The van der Waals surface area contributed by atoms with Crippen molar-refractivity contribution in [2.45, 2.75) is 42.5 Å². The zero-order valence-electron chi connectivity index (χ0n) is 16.0. The summed E-state index contributed by atoms with van der Waals surface area (Å²) in [5, 5.41) is 10.0. The summed E-state index contributed by atoms with van der Waals surface area (Å²) in [6.45, 7) is 0. The molecule has 2 aromatic carbocycles. The number of hydrogen-bond donors (Lipinski definition) is 2. The highest BCUT2D eigenvalue weighted by Gasteiger charge is 2.54. The second kappa shape index (κ2) is 7.02. The number of primary sulfonamides is 1. The van der Waals surface area contributed by atoms with E-state index in [2.05, 4.69) is 5.32 Å². The van der Waals surface area contributed by atoms with E-state index in [0.29, 0.717) is 21.9 Å². The van der Waals surface area contributed by atoms with Crippen molar-refractivity contribution in [3.8, 4) is 0 Å². The van der Waals surface area contributed by atoms with Crippen LogP contribution in [0, 0.1) is 5.41 Å². The fourth-order valence-electron chi connectivity index (χ4n) is 4.76. The van der Waals surface area contributed by atoms with Gasteiger partial charge in [0.1, 0.15) is 0 Å². The van der Waals surface area contributed by atoms with Crippen molar-refractivity contribution in [1.82, 2.24) is 10.3 Å². The minimum absolute atomic E-state index is 0.0563. The van der Waals surface area contributed by atoms with Crippen molar-refractivity contribution in [3.63, 3.8) is 0 Å². The zero-order chi connectivity index (χ0) is 21.1. The number of carbonyl (C=O) groups excluding carboxylic acids is 1. The highest BCUT2D eigenvalue weighted by Crippen LogP contribution is 2.62. The Bertz CT molecular complexity index is 1260. The topological polar surface area (TPSA) is 102 Å². The number of nitrogens with one attached hydrogen (secondary N) is 1. The molecule has 6 nitrogen and oxygen atoms in total. The molecule has 2 aliphatic rings. The Labute approximate surface area is 183 Å². The largest absolute Gasteiger partial charge is 0.349 e. The predicted octanol–water partition coefficient (Wildman–Crippen LogP) is 4.05. The number of benzene rings is 2. The number of nitrogens with zero attached hydrogens (tertiary/aromatic N) is 1. The van der Waals surface area contributed by atoms with Crippen LogP contribution in [0.2, 0.25) is 5.02 Å². The summed E-state index contributed by atoms with van der Waals surface area (Å²) in [5.41, 5.74) is 1.56. The van der Waals surface area contributed by atoms with Crippen LogP contribution in [0.1, 0.15) is 47.0 Å². The number of fused-ring (bicyclic) bond motifs is 1. The molecule has 0 unspecified atom stereocenters. The molecule has 9 heteroatoms. The molecule has 3 aromatic rings. The van der Waals surface area contributed by atoms with Crippen LogP contribution in [0.5, 0.6) is 0 Å². The van der Waals surface area contributed by atoms with E-state index in [1.54, 1.807) is 17.4 Å². The fraction of sp³-hybridized carbons (Fsp3) is 0.333. The van der Waals surface area contributed by atoms with Crippen molar-refractivity contribution < 1.29 is 13.2 Å². The molecule has 2 saturated carbocycles. The Morgan fingerprint density at radius 2 is 1.93 bits per heavy atom. The third-order valence-corrected chi connectivity index (χ3v) is 8.54. The van der Waals surface area contributed by atoms with Crippen molar-refractivity contribution in [2.75, 3.05) is 0 Å². The maximum atomic E-state index is 12.5. The molecule has 1 aromatic heterocycles. The molecule has 0 radical (unpaired) electrons. The Kier molecular flexibility index (Phi) is 4.66. The summed E-state index contributed by atoms with van der Waals surface area (Å²) >= 11 is 7.80. The molecule has 1 amide bonds. The van der Waals surface area contributed by atoms with Crippen molar-refractivity contribution in [1.29, 1.82) is 0 Å². The number of sulfonamides is 1. The van der Waals surface area contributed by atoms with Gasteiger partial charge < -0.3 is 5.32 Å². The normalized spacial score (nSPS) is 25.7. The SMILES string of the molecule is NS(=O)(=O)c1cccc(C(=O)NC2CC3(C2)CC(c2nc4cc(Cl)ccc4s2)C3)c1. The van der Waals surface area contributed by atoms with E-state index >= 15 is 0 Å². The van der Waals surface area contributed by atoms with Crippen LogP contribution in [-0.4, -0.2) is 25.4 Å². The lowest BCUT2D eigenvalue weighted by Crippen LogP contribution is -2.55. The molecule has 3 N–H and O–H groups in total. The van der Waals surface area contributed by atoms with E-state index in [1.165, 1.54) is 23.2 Å². The van der Waals surface area contributed by atoms with Crippen LogP contribution in [0.4, 0.5) is 0 Å². The lowest BCUT2D eigenvalue weighted by molar-refractivity contribution is -0.0187. The van der Waals surface area contributed by atoms with E-state index in [9.17, 15) is 13.2 Å². The van der Waals surface area contributed by atoms with Crippen LogP contribution < -0.4 is 10.5 Å². The average Bonchev–Trinajstić information content (AvgIpc) is 3.04. The van der Waals surface area contributed by atoms with E-state index in [0.717, 1.165) is 35.9 Å². The molecular formula is C21H20ClN3O3S2. The highest BCUT2D eigenvalue weighted by molar-refractivity contribution is 7.89. The first-order valence-corrected chi connectivity index (χ1v) is 12.4. The van der Waals surface area contributed by atoms with Gasteiger partial charge in [-0.15, -0.1) is 11.3 Å². The third-order valence-electron chi connectivity index (χ3n) is 6.19. The van der Waals surface area contributed by atoms with E-state index in [-0.39, 0.29) is 16.8 Å². The molecule has 2 aliphatic carbocycles. The molecule has 1 heterocycles. The highest BCUT2D eigenvalue weighted by atomic mass is 35.5. The van der Waals surface area contributed by atoms with Crippen LogP contribution in [0.15, 0.2) is 47.4 Å². The molecule has 0 saturated heterocycles. The van der Waals surface area contributed by atoms with Crippen LogP contribution in [0.3, 0.4) is 0 Å². The number of thiazole rings is 1. The molecule has 2 fully saturated rings. The van der Waals surface area contributed by atoms with Gasteiger partial charge in [0.05, 0.1) is 20.1 Å². The zero-order valence-corrected chi connectivity index (χ0v) is 18.4. The van der Waals surface area contributed by atoms with Gasteiger partial charge in [0.2, 0.25) is 10.0 Å². The number of halogens is 1. The summed E-state index contributed by atoms with van der Waals surface area (Å²) in [6.07, 6.45) is 4.07. The Morgan fingerprint density at radius 1 is 1.17 bits per heavy atom. The minimum atomic E-state index is -3.83. The summed E-state index contributed by atoms with van der Waals surface area (Å²) in [7, 11) is -3.83. The second-order valence-corrected chi connectivity index (χ2v) is 11.5. The first-order chi connectivity index (χ1) is 14.2. The monoisotopic (exact) mass is 461 g/mol. The lowest BCUT2D eigenvalue weighted by atomic mass is 9.50. The number of carbonyl (C=O) groups is 1. The van der Waals surface area contributed by atoms with Crippen LogP contribution >= 0.6 is 22.9 Å². The summed E-state index contributed by atoms with van der Waals surface area (Å²) in [4.78, 5) is 17.2. The van der Waals surface area contributed by atoms with Gasteiger partial charge in [-0.3, -0.25) is 4.79 Å². The van der Waals surface area contributed by atoms with Crippen molar-refractivity contribution in [2.24, 2.45) is 10.6 Å². The van der Waals surface area contributed by atoms with Gasteiger partial charge in [-0.2, -0.15) is 0 Å². The Morgan fingerprint density at radius 3 is 2.67 bits per heavy atom. The van der Waals surface area contributed by atoms with Crippen LogP contribution in [0.25, 0.3) is 10.2 Å². The maximum Gasteiger partial charge on any atom is 0.251 e. The quantitative estimate of drug-likeness (QED) is 0.611. The van der Waals surface area contributed by atoms with E-state index in [4.69, 9.17) is 21.7 Å². The molecular weight excluding hydrogens is 442 g/mol. The van der Waals surface area contributed by atoms with Crippen molar-refractivity contribution in [3.05, 3.63) is 58.1 Å². The van der Waals surface area contributed by atoms with Crippen molar-refractivity contribution >= 4 is 49.1 Å². The maximum absolute atomic E-state index is 12.5. The standard InChI is InChI=1S/C21H20ClN3O3S2/c22-14-4-5-18-17(7-14)25-20(29-18)13-8-21(9-13)10-15(11-21)24-19(26)12-2-1-3-16(6-12)30(23,27)28/h1-7,13,15H,8-11H2,(H,24,26)(H2,23,27,28). The third kappa shape index (κ3) is 3.62. The molecule has 0 atom stereocenters. The molecule has 156 valence electrons. The van der Waals surface area contributed by atoms with Gasteiger partial charge in [-0.05, 0) is 67.5 Å². The van der Waals surface area contributed by atoms with E-state index < -0.39 is 10.0 Å². The smallest absolute Gasteiger partial charge is 0.251 e. The summed E-state index contributed by atoms with van der Waals surface area (Å²) in [6, 6.07) is 11.8. The number of rotatable bonds is 4. The lowest BCUT2D eigenvalue weighted by Gasteiger charge is -2.57. The molecule has 0 bridgehead atoms. The van der Waals surface area contributed by atoms with Crippen LogP contribution in [-0.2, 0) is 10.0 Å². The van der Waals surface area contributed by atoms with Gasteiger partial charge in [-0.25, -0.2) is 18.5 Å². The summed E-state index contributed by atoms with van der Waals surface area (Å²) in [5.74, 6) is 0.212. The summed E-state index contributed by atoms with van der Waals surface area (Å²) < 4.78 is 24.1.